The van der Waals surface area contributed by atoms with Crippen molar-refractivity contribution >= 4 is 49.6 Å². The Bertz CT molecular complexity index is 1690. The number of benzene rings is 3. The lowest BCUT2D eigenvalue weighted by Gasteiger charge is -2.47. The summed E-state index contributed by atoms with van der Waals surface area (Å²) in [5.74, 6) is 0.00757. The molecule has 3 aromatic carbocycles. The molecule has 0 saturated carbocycles. The van der Waals surface area contributed by atoms with Crippen molar-refractivity contribution in [2.24, 2.45) is 0 Å². The van der Waals surface area contributed by atoms with Gasteiger partial charge in [-0.15, -0.1) is 0 Å². The fraction of sp³-hybridized carbons (Fsp3) is 0.200. The molecule has 2 aromatic heterocycles. The van der Waals surface area contributed by atoms with E-state index >= 15 is 0 Å². The van der Waals surface area contributed by atoms with Crippen LogP contribution >= 0.6 is 15.9 Å². The third-order valence-electron chi connectivity index (χ3n) is 7.83. The van der Waals surface area contributed by atoms with E-state index in [-0.39, 0.29) is 24.4 Å². The molecule has 1 fully saturated rings. The molecule has 7 rings (SSSR count). The van der Waals surface area contributed by atoms with Crippen molar-refractivity contribution in [3.63, 3.8) is 0 Å². The van der Waals surface area contributed by atoms with Gasteiger partial charge in [-0.3, -0.25) is 9.59 Å². The predicted octanol–water partition coefficient (Wildman–Crippen LogP) is 5.34. The number of carbonyl (C=O) groups excluding carboxylic acids is 2. The van der Waals surface area contributed by atoms with Gasteiger partial charge in [0.2, 0.25) is 11.8 Å². The summed E-state index contributed by atoms with van der Waals surface area (Å²) in [5, 5.41) is 2.28. The first-order valence-electron chi connectivity index (χ1n) is 12.6. The highest BCUT2D eigenvalue weighted by Gasteiger charge is 2.48. The van der Waals surface area contributed by atoms with Crippen LogP contribution in [0.2, 0.25) is 0 Å². The lowest BCUT2D eigenvalue weighted by molar-refractivity contribution is -0.158. The van der Waals surface area contributed by atoms with E-state index in [4.69, 9.17) is 0 Å². The van der Waals surface area contributed by atoms with Gasteiger partial charge in [-0.1, -0.05) is 64.5 Å². The molecule has 0 radical (unpaired) electrons. The van der Waals surface area contributed by atoms with Crippen LogP contribution in [-0.2, 0) is 22.4 Å². The number of fused-ring (bicyclic) bond motifs is 5. The summed E-state index contributed by atoms with van der Waals surface area (Å²) in [6, 6.07) is 23.5. The first kappa shape index (κ1) is 22.4. The van der Waals surface area contributed by atoms with Gasteiger partial charge in [0, 0.05) is 51.1 Å². The smallest absolute Gasteiger partial charge is 0.246 e. The van der Waals surface area contributed by atoms with Crippen molar-refractivity contribution in [2.75, 3.05) is 13.1 Å². The molecule has 4 heterocycles. The van der Waals surface area contributed by atoms with Crippen LogP contribution in [0.3, 0.4) is 0 Å². The molecule has 2 aliphatic heterocycles. The van der Waals surface area contributed by atoms with E-state index in [1.165, 1.54) is 0 Å². The van der Waals surface area contributed by atoms with Crippen LogP contribution in [0.25, 0.3) is 21.8 Å². The summed E-state index contributed by atoms with van der Waals surface area (Å²) in [5.41, 5.74) is 6.39. The normalized spacial score (nSPS) is 19.5. The number of nitrogens with one attached hydrogen (secondary N) is 2. The first-order chi connectivity index (χ1) is 18.1. The zero-order chi connectivity index (χ0) is 25.1. The number of H-pyrrole nitrogens is 2. The number of amides is 2. The molecular formula is C30H25BrN4O2. The van der Waals surface area contributed by atoms with Crippen molar-refractivity contribution in [1.82, 2.24) is 19.8 Å². The van der Waals surface area contributed by atoms with E-state index < -0.39 is 6.04 Å². The van der Waals surface area contributed by atoms with Crippen LogP contribution in [0, 0.1) is 0 Å². The SMILES string of the molecule is O=C1[C@@H]2Cc3c([nH]c4ccccc34)[C@H](c3cccc(Br)c3)N2C(=O)CN1CCc1c[nH]c2ccccc12. The van der Waals surface area contributed by atoms with Crippen LogP contribution in [-0.4, -0.2) is 50.7 Å². The second-order valence-corrected chi connectivity index (χ2v) is 10.8. The molecule has 5 aromatic rings. The first-order valence-corrected chi connectivity index (χ1v) is 13.4. The fourth-order valence-electron chi connectivity index (χ4n) is 6.13. The van der Waals surface area contributed by atoms with E-state index in [0.717, 1.165) is 48.7 Å². The molecule has 1 saturated heterocycles. The van der Waals surface area contributed by atoms with Crippen LogP contribution in [0.4, 0.5) is 0 Å². The number of halogens is 1. The van der Waals surface area contributed by atoms with Gasteiger partial charge in [0.05, 0.1) is 12.6 Å². The zero-order valence-electron chi connectivity index (χ0n) is 20.1. The Morgan fingerprint density at radius 2 is 1.70 bits per heavy atom. The van der Waals surface area contributed by atoms with Gasteiger partial charge in [-0.25, -0.2) is 0 Å². The third kappa shape index (κ3) is 3.60. The van der Waals surface area contributed by atoms with Crippen LogP contribution in [0.5, 0.6) is 0 Å². The number of carbonyl (C=O) groups is 2. The van der Waals surface area contributed by atoms with Gasteiger partial charge in [0.15, 0.2) is 0 Å². The Morgan fingerprint density at radius 1 is 0.919 bits per heavy atom. The summed E-state index contributed by atoms with van der Waals surface area (Å²) in [6.45, 7) is 0.608. The lowest BCUT2D eigenvalue weighted by Crippen LogP contribution is -2.63. The lowest BCUT2D eigenvalue weighted by atomic mass is 9.86. The molecule has 2 N–H and O–H groups in total. The molecule has 7 heteroatoms. The van der Waals surface area contributed by atoms with Crippen LogP contribution in [0.15, 0.2) is 83.5 Å². The minimum Gasteiger partial charge on any atom is -0.361 e. The van der Waals surface area contributed by atoms with Crippen molar-refractivity contribution in [1.29, 1.82) is 0 Å². The second-order valence-electron chi connectivity index (χ2n) is 9.91. The molecule has 2 aliphatic rings. The largest absolute Gasteiger partial charge is 0.361 e. The van der Waals surface area contributed by atoms with E-state index in [1.54, 1.807) is 4.90 Å². The molecule has 37 heavy (non-hydrogen) atoms. The quantitative estimate of drug-likeness (QED) is 0.316. The summed E-state index contributed by atoms with van der Waals surface area (Å²) < 4.78 is 0.945. The molecule has 0 unspecified atom stereocenters. The molecular weight excluding hydrogens is 528 g/mol. The highest BCUT2D eigenvalue weighted by atomic mass is 79.9. The number of hydrogen-bond donors (Lipinski definition) is 2. The number of nitrogens with zero attached hydrogens (tertiary/aromatic N) is 2. The molecule has 0 aliphatic carbocycles. The molecule has 6 nitrogen and oxygen atoms in total. The Morgan fingerprint density at radius 3 is 2.54 bits per heavy atom. The van der Waals surface area contributed by atoms with Gasteiger partial charge in [0.25, 0.3) is 0 Å². The van der Waals surface area contributed by atoms with Crippen molar-refractivity contribution in [2.45, 2.75) is 24.9 Å². The highest BCUT2D eigenvalue weighted by molar-refractivity contribution is 9.10. The number of para-hydroxylation sites is 2. The van der Waals surface area contributed by atoms with Crippen molar-refractivity contribution in [3.05, 3.63) is 106 Å². The zero-order valence-corrected chi connectivity index (χ0v) is 21.7. The molecule has 184 valence electrons. The average molecular weight is 553 g/mol. The standard InChI is InChI=1S/C30H25BrN4O2/c31-20-7-5-6-18(14-20)29-28-23(22-9-2-4-11-25(22)33-28)15-26-30(37)34(17-27(36)35(26)29)13-12-19-16-32-24-10-3-1-8-21(19)24/h1-11,14,16,26,29,32-33H,12-13,15,17H2/t26-,29-/m0/s1. The van der Waals surface area contributed by atoms with Crippen molar-refractivity contribution < 1.29 is 9.59 Å². The molecule has 0 bridgehead atoms. The van der Waals surface area contributed by atoms with Crippen LogP contribution < -0.4 is 0 Å². The number of rotatable bonds is 4. The second kappa shape index (κ2) is 8.63. The van der Waals surface area contributed by atoms with E-state index in [0.29, 0.717) is 19.4 Å². The number of piperazine rings is 1. The minimum atomic E-state index is -0.528. The molecule has 2 atom stereocenters. The maximum absolute atomic E-state index is 13.9. The summed E-state index contributed by atoms with van der Waals surface area (Å²) in [6.07, 6.45) is 3.22. The van der Waals surface area contributed by atoms with Crippen LogP contribution in [0.1, 0.15) is 28.4 Å². The van der Waals surface area contributed by atoms with Gasteiger partial charge in [-0.2, -0.15) is 0 Å². The maximum Gasteiger partial charge on any atom is 0.246 e. The Kier molecular flexibility index (Phi) is 5.22. The number of aromatic nitrogens is 2. The Hall–Kier alpha value is -3.84. The Labute approximate surface area is 222 Å². The van der Waals surface area contributed by atoms with Gasteiger partial charge < -0.3 is 19.8 Å². The highest BCUT2D eigenvalue weighted by Crippen LogP contribution is 2.43. The number of hydrogen-bond acceptors (Lipinski definition) is 2. The van der Waals surface area contributed by atoms with E-state index in [2.05, 4.69) is 50.2 Å². The van der Waals surface area contributed by atoms with E-state index in [1.807, 2.05) is 59.6 Å². The topological polar surface area (TPSA) is 72.2 Å². The average Bonchev–Trinajstić information content (AvgIpc) is 3.50. The predicted molar refractivity (Wildman–Crippen MR) is 147 cm³/mol. The Balaban J connectivity index is 1.26. The maximum atomic E-state index is 13.9. The monoisotopic (exact) mass is 552 g/mol. The summed E-state index contributed by atoms with van der Waals surface area (Å²) in [4.78, 5) is 38.2. The summed E-state index contributed by atoms with van der Waals surface area (Å²) in [7, 11) is 0. The van der Waals surface area contributed by atoms with Gasteiger partial charge in [-0.05, 0) is 47.4 Å². The molecule has 0 spiro atoms. The molecule has 2 amide bonds. The van der Waals surface area contributed by atoms with Gasteiger partial charge in [0.1, 0.15) is 6.04 Å². The minimum absolute atomic E-state index is 0.0159. The van der Waals surface area contributed by atoms with Crippen molar-refractivity contribution in [3.8, 4) is 0 Å². The van der Waals surface area contributed by atoms with Gasteiger partial charge >= 0.3 is 0 Å². The fourth-order valence-corrected chi connectivity index (χ4v) is 6.55. The third-order valence-corrected chi connectivity index (χ3v) is 8.33. The van der Waals surface area contributed by atoms with E-state index in [9.17, 15) is 9.59 Å². The number of aromatic amines is 2. The summed E-state index contributed by atoms with van der Waals surface area (Å²) >= 11 is 3.59.